The molecular weight excluding hydrogens is 196 g/mol. The molecule has 0 aromatic rings. The van der Waals surface area contributed by atoms with Gasteiger partial charge in [0.25, 0.3) is 0 Å². The highest BCUT2D eigenvalue weighted by Gasteiger charge is 2.29. The molecule has 96 valence electrons. The summed E-state index contributed by atoms with van der Waals surface area (Å²) in [5.41, 5.74) is 3.07. The Morgan fingerprint density at radius 1 is 1.19 bits per heavy atom. The van der Waals surface area contributed by atoms with Gasteiger partial charge >= 0.3 is 0 Å². The van der Waals surface area contributed by atoms with Crippen molar-refractivity contribution in [2.75, 3.05) is 0 Å². The smallest absolute Gasteiger partial charge is 0.0264 e. The van der Waals surface area contributed by atoms with Crippen molar-refractivity contribution in [3.8, 4) is 0 Å². The van der Waals surface area contributed by atoms with Crippen LogP contribution >= 0.6 is 0 Å². The van der Waals surface area contributed by atoms with Crippen molar-refractivity contribution in [3.63, 3.8) is 0 Å². The van der Waals surface area contributed by atoms with E-state index < -0.39 is 0 Å². The summed E-state index contributed by atoms with van der Waals surface area (Å²) in [6.07, 6.45) is 9.60. The molecule has 2 atom stereocenters. The monoisotopic (exact) mass is 226 g/mol. The van der Waals surface area contributed by atoms with Crippen LogP contribution in [0.25, 0.3) is 0 Å². The second kappa shape index (κ2) is 7.29. The molecule has 1 aliphatic carbocycles. The second-order valence-electron chi connectivity index (χ2n) is 5.65. The summed E-state index contributed by atoms with van der Waals surface area (Å²) < 4.78 is 0. The van der Waals surface area contributed by atoms with Gasteiger partial charge < -0.3 is 0 Å². The van der Waals surface area contributed by atoms with Gasteiger partial charge in [-0.05, 0) is 30.6 Å². The third-order valence-electron chi connectivity index (χ3n) is 4.55. The Morgan fingerprint density at radius 2 is 1.81 bits per heavy atom. The van der Waals surface area contributed by atoms with Gasteiger partial charge in [-0.1, -0.05) is 52.9 Å². The summed E-state index contributed by atoms with van der Waals surface area (Å²) >= 11 is 0. The average molecular weight is 226 g/mol. The van der Waals surface area contributed by atoms with Crippen molar-refractivity contribution in [2.45, 2.75) is 71.8 Å². The minimum absolute atomic E-state index is 0.535. The van der Waals surface area contributed by atoms with Gasteiger partial charge in [-0.25, -0.2) is 0 Å². The van der Waals surface area contributed by atoms with Gasteiger partial charge in [-0.15, -0.1) is 0 Å². The van der Waals surface area contributed by atoms with E-state index in [0.29, 0.717) is 12.0 Å². The van der Waals surface area contributed by atoms with Gasteiger partial charge in [0, 0.05) is 6.04 Å². The van der Waals surface area contributed by atoms with E-state index in [4.69, 9.17) is 5.84 Å². The molecule has 0 spiro atoms. The van der Waals surface area contributed by atoms with E-state index in [1.165, 1.54) is 44.9 Å². The highest BCUT2D eigenvalue weighted by Crippen LogP contribution is 2.35. The van der Waals surface area contributed by atoms with Crippen molar-refractivity contribution < 1.29 is 0 Å². The first-order valence-electron chi connectivity index (χ1n) is 7.19. The van der Waals surface area contributed by atoms with Crippen molar-refractivity contribution in [3.05, 3.63) is 0 Å². The van der Waals surface area contributed by atoms with E-state index in [1.807, 2.05) is 0 Å². The largest absolute Gasteiger partial charge is 0.271 e. The number of hydrogen-bond acceptors (Lipinski definition) is 2. The van der Waals surface area contributed by atoms with E-state index in [1.54, 1.807) is 0 Å². The molecule has 0 saturated heterocycles. The summed E-state index contributed by atoms with van der Waals surface area (Å²) in [5.74, 6) is 8.24. The number of hydrogen-bond donors (Lipinski definition) is 2. The van der Waals surface area contributed by atoms with Crippen LogP contribution in [0.15, 0.2) is 0 Å². The molecule has 0 radical (unpaired) electrons. The van der Waals surface area contributed by atoms with E-state index in [9.17, 15) is 0 Å². The fraction of sp³-hybridized carbons (Fsp3) is 1.00. The minimum atomic E-state index is 0.535. The lowest BCUT2D eigenvalue weighted by molar-refractivity contribution is 0.177. The SMILES string of the molecule is CCCC1CCC(C(NN)C(C)CC)CC1. The average Bonchev–Trinajstić information content (AvgIpc) is 2.32. The van der Waals surface area contributed by atoms with Crippen LogP contribution in [-0.4, -0.2) is 6.04 Å². The number of nitrogens with two attached hydrogens (primary N) is 1. The minimum Gasteiger partial charge on any atom is -0.271 e. The first-order valence-corrected chi connectivity index (χ1v) is 7.19. The molecule has 2 heteroatoms. The maximum absolute atomic E-state index is 5.72. The Balaban J connectivity index is 2.38. The van der Waals surface area contributed by atoms with Crippen molar-refractivity contribution in [2.24, 2.45) is 23.6 Å². The quantitative estimate of drug-likeness (QED) is 0.537. The van der Waals surface area contributed by atoms with Gasteiger partial charge in [0.2, 0.25) is 0 Å². The standard InChI is InChI=1S/C14H30N2/c1-4-6-12-7-9-13(10-8-12)14(16-15)11(3)5-2/h11-14,16H,4-10,15H2,1-3H3. The topological polar surface area (TPSA) is 38.0 Å². The number of hydrazine groups is 1. The molecule has 2 unspecified atom stereocenters. The number of nitrogens with one attached hydrogen (secondary N) is 1. The van der Waals surface area contributed by atoms with Gasteiger partial charge in [-0.3, -0.25) is 11.3 Å². The van der Waals surface area contributed by atoms with Crippen LogP contribution in [0.5, 0.6) is 0 Å². The molecule has 1 rings (SSSR count). The molecule has 0 aromatic carbocycles. The Kier molecular flexibility index (Phi) is 6.37. The Labute approximate surface area is 101 Å². The van der Waals surface area contributed by atoms with Gasteiger partial charge in [0.05, 0.1) is 0 Å². The normalized spacial score (nSPS) is 30.0. The Hall–Kier alpha value is -0.0800. The molecule has 0 amide bonds. The first kappa shape index (κ1) is 14.0. The van der Waals surface area contributed by atoms with E-state index in [0.717, 1.165) is 11.8 Å². The third-order valence-corrected chi connectivity index (χ3v) is 4.55. The van der Waals surface area contributed by atoms with Crippen molar-refractivity contribution >= 4 is 0 Å². The summed E-state index contributed by atoms with van der Waals surface area (Å²) in [7, 11) is 0. The van der Waals surface area contributed by atoms with Crippen LogP contribution in [0.1, 0.15) is 65.7 Å². The molecule has 0 bridgehead atoms. The molecule has 1 aliphatic rings. The highest BCUT2D eigenvalue weighted by atomic mass is 15.2. The van der Waals surface area contributed by atoms with Crippen molar-refractivity contribution in [1.29, 1.82) is 0 Å². The zero-order valence-corrected chi connectivity index (χ0v) is 11.3. The van der Waals surface area contributed by atoms with E-state index >= 15 is 0 Å². The molecule has 1 saturated carbocycles. The summed E-state index contributed by atoms with van der Waals surface area (Å²) in [6, 6.07) is 0.535. The lowest BCUT2D eigenvalue weighted by atomic mass is 9.74. The molecular formula is C14H30N2. The molecule has 3 N–H and O–H groups in total. The predicted molar refractivity (Wildman–Crippen MR) is 70.9 cm³/mol. The maximum Gasteiger partial charge on any atom is 0.0264 e. The fourth-order valence-corrected chi connectivity index (χ4v) is 3.26. The van der Waals surface area contributed by atoms with E-state index in [-0.39, 0.29) is 0 Å². The van der Waals surface area contributed by atoms with Crippen LogP contribution in [0.2, 0.25) is 0 Å². The molecule has 0 aromatic heterocycles. The van der Waals surface area contributed by atoms with Crippen LogP contribution in [0, 0.1) is 17.8 Å². The van der Waals surface area contributed by atoms with Crippen LogP contribution in [0.4, 0.5) is 0 Å². The lowest BCUT2D eigenvalue weighted by Gasteiger charge is -2.36. The van der Waals surface area contributed by atoms with Crippen LogP contribution in [-0.2, 0) is 0 Å². The van der Waals surface area contributed by atoms with Gasteiger partial charge in [0.1, 0.15) is 0 Å². The fourth-order valence-electron chi connectivity index (χ4n) is 3.26. The number of rotatable bonds is 6. The molecule has 0 heterocycles. The van der Waals surface area contributed by atoms with Crippen molar-refractivity contribution in [1.82, 2.24) is 5.43 Å². The second-order valence-corrected chi connectivity index (χ2v) is 5.65. The molecule has 16 heavy (non-hydrogen) atoms. The van der Waals surface area contributed by atoms with Crippen LogP contribution in [0.3, 0.4) is 0 Å². The van der Waals surface area contributed by atoms with Crippen LogP contribution < -0.4 is 11.3 Å². The summed E-state index contributed by atoms with van der Waals surface area (Å²) in [4.78, 5) is 0. The van der Waals surface area contributed by atoms with E-state index in [2.05, 4.69) is 26.2 Å². The van der Waals surface area contributed by atoms with Gasteiger partial charge in [0.15, 0.2) is 0 Å². The molecule has 0 aliphatic heterocycles. The zero-order valence-electron chi connectivity index (χ0n) is 11.3. The first-order chi connectivity index (χ1) is 7.72. The highest BCUT2D eigenvalue weighted by molar-refractivity contribution is 4.83. The molecule has 1 fully saturated rings. The summed E-state index contributed by atoms with van der Waals surface area (Å²) in [6.45, 7) is 6.88. The predicted octanol–water partition coefficient (Wildman–Crippen LogP) is 3.47. The zero-order chi connectivity index (χ0) is 12.0. The Morgan fingerprint density at radius 3 is 2.25 bits per heavy atom. The maximum atomic E-state index is 5.72. The Bertz CT molecular complexity index is 174. The van der Waals surface area contributed by atoms with Gasteiger partial charge in [-0.2, -0.15) is 0 Å². The third kappa shape index (κ3) is 3.74. The summed E-state index contributed by atoms with van der Waals surface area (Å²) in [5, 5.41) is 0. The molecule has 2 nitrogen and oxygen atoms in total. The lowest BCUT2D eigenvalue weighted by Crippen LogP contribution is -2.46.